The Kier molecular flexibility index (Phi) is 4.16. The second-order valence-corrected chi connectivity index (χ2v) is 7.06. The van der Waals surface area contributed by atoms with Gasteiger partial charge < -0.3 is 20.9 Å². The molecular weight excluding hydrogens is 349 g/mol. The van der Waals surface area contributed by atoms with Crippen molar-refractivity contribution in [2.45, 2.75) is 19.5 Å². The Morgan fingerprint density at radius 1 is 1.35 bits per heavy atom. The topological polar surface area (TPSA) is 57.4 Å². The molecule has 0 saturated heterocycles. The quantitative estimate of drug-likeness (QED) is 0.863. The molecule has 2 aromatic rings. The van der Waals surface area contributed by atoms with Crippen molar-refractivity contribution >= 4 is 16.5 Å². The van der Waals surface area contributed by atoms with Gasteiger partial charge in [-0.3, -0.25) is 0 Å². The van der Waals surface area contributed by atoms with Gasteiger partial charge >= 0.3 is 0 Å². The first-order valence-electron chi connectivity index (χ1n) is 8.45. The summed E-state index contributed by atoms with van der Waals surface area (Å²) < 4.78 is 13.1. The highest BCUT2D eigenvalue weighted by atomic mass is 32.1. The molecule has 0 aliphatic carbocycles. The van der Waals surface area contributed by atoms with E-state index in [1.54, 1.807) is 23.5 Å². The summed E-state index contributed by atoms with van der Waals surface area (Å²) in [5.41, 5.74) is 9.60. The lowest BCUT2D eigenvalue weighted by atomic mass is 10.2. The average molecular weight is 369 g/mol. The lowest BCUT2D eigenvalue weighted by Gasteiger charge is -2.30. The van der Waals surface area contributed by atoms with Crippen LogP contribution >= 0.6 is 11.3 Å². The van der Waals surface area contributed by atoms with E-state index in [-0.39, 0.29) is 12.0 Å². The van der Waals surface area contributed by atoms with Crippen LogP contribution in [0.4, 0.5) is 9.52 Å². The van der Waals surface area contributed by atoms with Crippen LogP contribution in [0.25, 0.3) is 11.3 Å². The molecule has 2 aliphatic heterocycles. The minimum absolute atomic E-state index is 0.0752. The van der Waals surface area contributed by atoms with Gasteiger partial charge in [0.05, 0.1) is 11.4 Å². The third-order valence-electron chi connectivity index (χ3n) is 4.49. The second-order valence-electron chi connectivity index (χ2n) is 6.22. The fourth-order valence-electron chi connectivity index (χ4n) is 3.19. The summed E-state index contributed by atoms with van der Waals surface area (Å²) in [6.07, 6.45) is 6.87. The summed E-state index contributed by atoms with van der Waals surface area (Å²) in [5.74, 6) is 0.800. The maximum atomic E-state index is 13.1. The molecule has 0 fully saturated rings. The Hall–Kier alpha value is -2.80. The Morgan fingerprint density at radius 3 is 2.85 bits per heavy atom. The maximum Gasteiger partial charge on any atom is 0.191 e. The largest absolute Gasteiger partial charge is 0.398 e. The predicted molar refractivity (Wildman–Crippen MR) is 103 cm³/mol. The van der Waals surface area contributed by atoms with Gasteiger partial charge in [0.25, 0.3) is 0 Å². The lowest BCUT2D eigenvalue weighted by Crippen LogP contribution is -2.37. The van der Waals surface area contributed by atoms with Crippen LogP contribution in [-0.2, 0) is 0 Å². The number of thiazole rings is 1. The van der Waals surface area contributed by atoms with E-state index in [4.69, 9.17) is 10.7 Å². The zero-order valence-electron chi connectivity index (χ0n) is 14.6. The number of rotatable bonds is 4. The SMILES string of the molecule is CCC1=C(N(C)c2nc(-c3ccc(F)cc3)cs2)N2C=C(N)C=CC2N1. The molecular formula is C19H20FN5S. The molecule has 0 amide bonds. The highest BCUT2D eigenvalue weighted by molar-refractivity contribution is 7.14. The van der Waals surface area contributed by atoms with Crippen LogP contribution in [0.3, 0.4) is 0 Å². The van der Waals surface area contributed by atoms with E-state index in [1.807, 2.05) is 24.7 Å². The van der Waals surface area contributed by atoms with Crippen LogP contribution in [0.5, 0.6) is 0 Å². The molecule has 0 bridgehead atoms. The number of aromatic nitrogens is 1. The van der Waals surface area contributed by atoms with Gasteiger partial charge in [0.15, 0.2) is 5.13 Å². The molecule has 26 heavy (non-hydrogen) atoms. The lowest BCUT2D eigenvalue weighted by molar-refractivity contribution is 0.389. The Morgan fingerprint density at radius 2 is 2.12 bits per heavy atom. The minimum Gasteiger partial charge on any atom is -0.398 e. The fraction of sp³-hybridized carbons (Fsp3) is 0.211. The molecule has 1 unspecified atom stereocenters. The summed E-state index contributed by atoms with van der Waals surface area (Å²) >= 11 is 1.56. The number of benzene rings is 1. The van der Waals surface area contributed by atoms with Crippen molar-refractivity contribution in [3.63, 3.8) is 0 Å². The van der Waals surface area contributed by atoms with E-state index in [2.05, 4.69) is 28.1 Å². The van der Waals surface area contributed by atoms with Crippen LogP contribution in [0.15, 0.2) is 65.2 Å². The van der Waals surface area contributed by atoms with Gasteiger partial charge in [0.2, 0.25) is 0 Å². The van der Waals surface area contributed by atoms with Crippen molar-refractivity contribution in [2.75, 3.05) is 11.9 Å². The van der Waals surface area contributed by atoms with Gasteiger partial charge in [0, 0.05) is 29.9 Å². The van der Waals surface area contributed by atoms with Crippen molar-refractivity contribution in [1.82, 2.24) is 15.2 Å². The molecule has 0 saturated carbocycles. The third kappa shape index (κ3) is 2.84. The van der Waals surface area contributed by atoms with Crippen LogP contribution in [0.1, 0.15) is 13.3 Å². The summed E-state index contributed by atoms with van der Waals surface area (Å²) in [5, 5.41) is 6.38. The van der Waals surface area contributed by atoms with Crippen molar-refractivity contribution < 1.29 is 4.39 Å². The van der Waals surface area contributed by atoms with E-state index < -0.39 is 0 Å². The maximum absolute atomic E-state index is 13.1. The van der Waals surface area contributed by atoms with E-state index in [9.17, 15) is 4.39 Å². The van der Waals surface area contributed by atoms with Gasteiger partial charge in [-0.15, -0.1) is 11.3 Å². The molecule has 1 atom stereocenters. The first-order valence-corrected chi connectivity index (χ1v) is 9.33. The molecule has 0 radical (unpaired) electrons. The zero-order valence-corrected chi connectivity index (χ0v) is 15.4. The number of nitrogens with zero attached hydrogens (tertiary/aromatic N) is 3. The third-order valence-corrected chi connectivity index (χ3v) is 5.40. The number of nitrogens with one attached hydrogen (secondary N) is 1. The summed E-state index contributed by atoms with van der Waals surface area (Å²) in [6.45, 7) is 2.12. The molecule has 2 aliphatic rings. The van der Waals surface area contributed by atoms with Crippen molar-refractivity contribution in [2.24, 2.45) is 5.73 Å². The van der Waals surface area contributed by atoms with E-state index >= 15 is 0 Å². The number of nitrogens with two attached hydrogens (primary N) is 1. The zero-order chi connectivity index (χ0) is 18.3. The van der Waals surface area contributed by atoms with E-state index in [0.717, 1.165) is 40.0 Å². The first kappa shape index (κ1) is 16.7. The first-order chi connectivity index (χ1) is 12.6. The molecule has 1 aromatic heterocycles. The smallest absolute Gasteiger partial charge is 0.191 e. The highest BCUT2D eigenvalue weighted by Crippen LogP contribution is 2.34. The Bertz CT molecular complexity index is 912. The van der Waals surface area contributed by atoms with Gasteiger partial charge in [-0.2, -0.15) is 0 Å². The van der Waals surface area contributed by atoms with Crippen LogP contribution in [0, 0.1) is 5.82 Å². The number of hydrogen-bond donors (Lipinski definition) is 2. The molecule has 0 spiro atoms. The minimum atomic E-state index is -0.246. The molecule has 7 heteroatoms. The van der Waals surface area contributed by atoms with Gasteiger partial charge in [0.1, 0.15) is 17.8 Å². The average Bonchev–Trinajstić information content (AvgIpc) is 3.26. The summed E-state index contributed by atoms with van der Waals surface area (Å²) in [4.78, 5) is 8.95. The summed E-state index contributed by atoms with van der Waals surface area (Å²) in [7, 11) is 2.00. The van der Waals surface area contributed by atoms with Gasteiger partial charge in [-0.05, 0) is 42.8 Å². The fourth-order valence-corrected chi connectivity index (χ4v) is 3.99. The van der Waals surface area contributed by atoms with Gasteiger partial charge in [-0.25, -0.2) is 9.37 Å². The molecule has 1 aromatic carbocycles. The second kappa shape index (κ2) is 6.49. The number of fused-ring (bicyclic) bond motifs is 1. The predicted octanol–water partition coefficient (Wildman–Crippen LogP) is 3.57. The molecule has 3 heterocycles. The summed E-state index contributed by atoms with van der Waals surface area (Å²) in [6, 6.07) is 6.40. The van der Waals surface area contributed by atoms with Gasteiger partial charge in [-0.1, -0.05) is 6.92 Å². The standard InChI is InChI=1S/C19H20FN5S/c1-3-15-18(25-10-14(21)8-9-17(25)22-15)24(2)19-23-16(11-26-19)12-4-6-13(20)7-5-12/h4-11,17,22H,3,21H2,1-2H3. The number of anilines is 1. The molecule has 134 valence electrons. The van der Waals surface area contributed by atoms with Crippen LogP contribution in [0.2, 0.25) is 0 Å². The number of allylic oxidation sites excluding steroid dienone is 2. The van der Waals surface area contributed by atoms with E-state index in [1.165, 1.54) is 12.1 Å². The van der Waals surface area contributed by atoms with Crippen molar-refractivity contribution in [3.8, 4) is 11.3 Å². The molecule has 5 nitrogen and oxygen atoms in total. The Labute approximate surface area is 155 Å². The monoisotopic (exact) mass is 369 g/mol. The molecule has 4 rings (SSSR count). The van der Waals surface area contributed by atoms with Crippen LogP contribution in [-0.4, -0.2) is 23.1 Å². The number of hydrogen-bond acceptors (Lipinski definition) is 6. The van der Waals surface area contributed by atoms with E-state index in [0.29, 0.717) is 0 Å². The number of halogens is 1. The van der Waals surface area contributed by atoms with Crippen LogP contribution < -0.4 is 16.0 Å². The highest BCUT2D eigenvalue weighted by Gasteiger charge is 2.33. The normalized spacial score (nSPS) is 18.7. The van der Waals surface area contributed by atoms with Crippen molar-refractivity contribution in [3.05, 3.63) is 71.0 Å². The van der Waals surface area contributed by atoms with Crippen molar-refractivity contribution in [1.29, 1.82) is 0 Å². The Balaban J connectivity index is 1.65. The molecule has 3 N–H and O–H groups in total.